The summed E-state index contributed by atoms with van der Waals surface area (Å²) in [6, 6.07) is 85.6. The first-order valence-corrected chi connectivity index (χ1v) is 40.1. The van der Waals surface area contributed by atoms with Gasteiger partial charge in [-0.25, -0.2) is 0 Å². The summed E-state index contributed by atoms with van der Waals surface area (Å²) in [7, 11) is 0. The van der Waals surface area contributed by atoms with Crippen molar-refractivity contribution in [3.63, 3.8) is 0 Å². The number of benzene rings is 10. The summed E-state index contributed by atoms with van der Waals surface area (Å²) >= 11 is 0. The molecule has 14 rings (SSSR count). The van der Waals surface area contributed by atoms with Crippen LogP contribution in [0.25, 0.3) is 44.5 Å². The Morgan fingerprint density at radius 3 is 0.820 bits per heavy atom. The smallest absolute Gasteiger partial charge is 0.0654 e. The van der Waals surface area contributed by atoms with E-state index < -0.39 is 5.41 Å². The molecule has 0 saturated carbocycles. The van der Waals surface area contributed by atoms with Gasteiger partial charge in [0, 0.05) is 16.2 Å². The zero-order valence-electron chi connectivity index (χ0n) is 62.6. The molecule has 0 nitrogen and oxygen atoms in total. The summed E-state index contributed by atoms with van der Waals surface area (Å²) in [5.41, 5.74) is 34.1. The van der Waals surface area contributed by atoms with Crippen LogP contribution >= 0.6 is 0 Å². The number of rotatable bonds is 32. The summed E-state index contributed by atoms with van der Waals surface area (Å²) < 4.78 is 0. The van der Waals surface area contributed by atoms with Gasteiger partial charge in [-0.1, -0.05) is 398 Å². The second-order valence-corrected chi connectivity index (χ2v) is 31.3. The average molecular weight is 1320 g/mol. The van der Waals surface area contributed by atoms with E-state index in [0.29, 0.717) is 0 Å². The molecule has 0 saturated heterocycles. The Morgan fingerprint density at radius 2 is 0.440 bits per heavy atom. The van der Waals surface area contributed by atoms with Gasteiger partial charge in [-0.3, -0.25) is 0 Å². The molecule has 0 radical (unpaired) electrons. The highest BCUT2D eigenvalue weighted by atomic mass is 14.5. The molecule has 0 heterocycles. The fourth-order valence-electron chi connectivity index (χ4n) is 19.5. The van der Waals surface area contributed by atoms with Crippen molar-refractivity contribution in [1.82, 2.24) is 0 Å². The van der Waals surface area contributed by atoms with Crippen molar-refractivity contribution >= 4 is 0 Å². The van der Waals surface area contributed by atoms with Gasteiger partial charge in [0.2, 0.25) is 0 Å². The summed E-state index contributed by atoms with van der Waals surface area (Å²) in [4.78, 5) is 0. The SMILES string of the molecule is CCCCCCCCC1(CCCCCCCC)c2cc(C)ccc2-c2cc3c(cc21)-c1ccc(C)cc1C3(CCCCCCCC)c1ccccc1.CCCCCCCCC1(c2ccccc2)c2cc(C)ccc2-c2cc3c(cc21)-c1ccc(C)cc1C3(c1ccccc1)c1ccccc1. The van der Waals surface area contributed by atoms with E-state index in [0.717, 1.165) is 6.42 Å². The maximum atomic E-state index is 2.76. The van der Waals surface area contributed by atoms with Gasteiger partial charge in [0.05, 0.1) is 5.41 Å². The van der Waals surface area contributed by atoms with Crippen molar-refractivity contribution in [2.24, 2.45) is 0 Å². The fourth-order valence-corrected chi connectivity index (χ4v) is 19.5. The van der Waals surface area contributed by atoms with Crippen LogP contribution in [0.2, 0.25) is 0 Å². The quantitative estimate of drug-likeness (QED) is 0.0369. The van der Waals surface area contributed by atoms with Crippen LogP contribution in [0.15, 0.2) is 218 Å². The van der Waals surface area contributed by atoms with Gasteiger partial charge in [0.25, 0.3) is 0 Å². The Morgan fingerprint density at radius 1 is 0.200 bits per heavy atom. The van der Waals surface area contributed by atoms with E-state index in [1.807, 2.05) is 0 Å². The van der Waals surface area contributed by atoms with Gasteiger partial charge in [-0.2, -0.15) is 0 Å². The second-order valence-electron chi connectivity index (χ2n) is 31.3. The highest BCUT2D eigenvalue weighted by Crippen LogP contribution is 2.64. The zero-order valence-corrected chi connectivity index (χ0v) is 62.6. The number of hydrogen-bond acceptors (Lipinski definition) is 0. The molecule has 0 heteroatoms. The Bertz CT molecular complexity index is 4300. The topological polar surface area (TPSA) is 0 Å². The molecule has 10 aromatic carbocycles. The Hall–Kier alpha value is -7.80. The van der Waals surface area contributed by atoms with Crippen molar-refractivity contribution < 1.29 is 0 Å². The normalized spacial score (nSPS) is 16.6. The van der Waals surface area contributed by atoms with Crippen LogP contribution in [0.5, 0.6) is 0 Å². The van der Waals surface area contributed by atoms with E-state index >= 15 is 0 Å². The molecule has 0 spiro atoms. The Balaban J connectivity index is 0.000000180. The van der Waals surface area contributed by atoms with E-state index in [1.165, 1.54) is 279 Å². The highest BCUT2D eigenvalue weighted by molar-refractivity contribution is 5.95. The predicted molar refractivity (Wildman–Crippen MR) is 431 cm³/mol. The van der Waals surface area contributed by atoms with Crippen molar-refractivity contribution in [3.05, 3.63) is 307 Å². The second kappa shape index (κ2) is 32.0. The molecular formula is C100H116. The molecule has 0 bridgehead atoms. The van der Waals surface area contributed by atoms with Gasteiger partial charge in [0.1, 0.15) is 0 Å². The molecule has 2 atom stereocenters. The number of unbranched alkanes of at least 4 members (excludes halogenated alkanes) is 20. The molecule has 10 aromatic rings. The van der Waals surface area contributed by atoms with E-state index in [4.69, 9.17) is 0 Å². The zero-order chi connectivity index (χ0) is 69.1. The fraction of sp³-hybridized carbons (Fsp3) is 0.400. The van der Waals surface area contributed by atoms with Crippen molar-refractivity contribution in [2.75, 3.05) is 0 Å². The molecule has 0 fully saturated rings. The minimum absolute atomic E-state index is 0.101. The van der Waals surface area contributed by atoms with Crippen molar-refractivity contribution in [3.8, 4) is 44.5 Å². The average Bonchev–Trinajstić information content (AvgIpc) is 1.52. The number of hydrogen-bond donors (Lipinski definition) is 0. The monoisotopic (exact) mass is 1320 g/mol. The van der Waals surface area contributed by atoms with E-state index in [9.17, 15) is 0 Å². The molecule has 0 N–H and O–H groups in total. The van der Waals surface area contributed by atoms with E-state index in [2.05, 4.69) is 274 Å². The van der Waals surface area contributed by atoms with Crippen LogP contribution in [-0.2, 0) is 21.7 Å². The van der Waals surface area contributed by atoms with Gasteiger partial charge in [-0.05, 0) is 189 Å². The first-order chi connectivity index (χ1) is 49.1. The number of fused-ring (bicyclic) bond motifs is 12. The van der Waals surface area contributed by atoms with Crippen LogP contribution in [0.4, 0.5) is 0 Å². The summed E-state index contributed by atoms with van der Waals surface area (Å²) in [6.45, 7) is 18.4. The minimum atomic E-state index is -0.406. The van der Waals surface area contributed by atoms with E-state index in [-0.39, 0.29) is 16.2 Å². The van der Waals surface area contributed by atoms with Crippen LogP contribution < -0.4 is 0 Å². The molecule has 516 valence electrons. The molecule has 2 unspecified atom stereocenters. The molecule has 4 aliphatic carbocycles. The van der Waals surface area contributed by atoms with Gasteiger partial charge in [0.15, 0.2) is 0 Å². The lowest BCUT2D eigenvalue weighted by Gasteiger charge is -2.35. The van der Waals surface area contributed by atoms with Crippen LogP contribution in [0.1, 0.15) is 296 Å². The summed E-state index contributed by atoms with van der Waals surface area (Å²) in [5.74, 6) is 0. The molecule has 0 aliphatic heterocycles. The van der Waals surface area contributed by atoms with Crippen molar-refractivity contribution in [2.45, 2.75) is 257 Å². The lowest BCUT2D eigenvalue weighted by atomic mass is 9.66. The van der Waals surface area contributed by atoms with E-state index in [1.54, 1.807) is 27.8 Å². The van der Waals surface area contributed by atoms with Gasteiger partial charge < -0.3 is 0 Å². The molecule has 100 heavy (non-hydrogen) atoms. The maximum Gasteiger partial charge on any atom is 0.0713 e. The molecule has 0 amide bonds. The third-order valence-electron chi connectivity index (χ3n) is 24.5. The third-order valence-corrected chi connectivity index (χ3v) is 24.5. The Labute approximate surface area is 605 Å². The molecular weight excluding hydrogens is 1200 g/mol. The minimum Gasteiger partial charge on any atom is -0.0654 e. The van der Waals surface area contributed by atoms with Gasteiger partial charge in [-0.15, -0.1) is 0 Å². The van der Waals surface area contributed by atoms with Crippen molar-refractivity contribution in [1.29, 1.82) is 0 Å². The third kappa shape index (κ3) is 13.3. The first-order valence-electron chi connectivity index (χ1n) is 40.1. The lowest BCUT2D eigenvalue weighted by molar-refractivity contribution is 0.397. The maximum absolute atomic E-state index is 2.76. The lowest BCUT2D eigenvalue weighted by Crippen LogP contribution is -2.29. The molecule has 0 aromatic heterocycles. The standard InChI is InChI=1S/C52H70.C48H46/c1-6-9-12-15-18-24-33-51(34-25-19-16-13-10-7-2)47-36-40(4)29-31-43(47)45-39-50-46(38-48(45)51)44-32-30-41(5)37-49(44)52(50,42-27-22-21-23-28-42)35-26-20-17-14-11-8-3;1-4-5-6-7-8-18-29-47(36-19-12-9-13-20-36)43-30-34(2)25-27-39(43)41-33-46-42(32-44(41)47)40-28-26-35(3)31-45(40)48(46,37-21-14-10-15-22-37)38-23-16-11-17-24-38/h21-23,27-32,36-39H,6-20,24-26,33-35H2,1-5H3;9-17,19-28,30-33H,4-8,18,29H2,1-3H3. The Kier molecular flexibility index (Phi) is 22.6. The number of aryl methyl sites for hydroxylation is 4. The van der Waals surface area contributed by atoms with Crippen LogP contribution in [-0.4, -0.2) is 0 Å². The molecule has 4 aliphatic rings. The first kappa shape index (κ1) is 70.6. The summed E-state index contributed by atoms with van der Waals surface area (Å²) in [5, 5.41) is 0. The highest BCUT2D eigenvalue weighted by Gasteiger charge is 2.52. The predicted octanol–water partition coefficient (Wildman–Crippen LogP) is 28.9. The largest absolute Gasteiger partial charge is 0.0713 e. The van der Waals surface area contributed by atoms with Gasteiger partial charge >= 0.3 is 0 Å². The van der Waals surface area contributed by atoms with Crippen LogP contribution in [0.3, 0.4) is 0 Å². The summed E-state index contributed by atoms with van der Waals surface area (Å²) in [6.07, 6.45) is 36.9. The van der Waals surface area contributed by atoms with Crippen LogP contribution in [0, 0.1) is 27.7 Å².